The van der Waals surface area contributed by atoms with Gasteiger partial charge in [0.2, 0.25) is 5.88 Å². The number of hydrogen-bond donors (Lipinski definition) is 0. The first-order valence-corrected chi connectivity index (χ1v) is 10.7. The molecule has 0 saturated heterocycles. The van der Waals surface area contributed by atoms with E-state index in [9.17, 15) is 13.2 Å². The Bertz CT molecular complexity index is 1280. The lowest BCUT2D eigenvalue weighted by molar-refractivity contribution is -0.137. The summed E-state index contributed by atoms with van der Waals surface area (Å²) in [6.07, 6.45) is 1.32. The molecule has 0 N–H and O–H groups in total. The van der Waals surface area contributed by atoms with Crippen molar-refractivity contribution in [3.05, 3.63) is 82.1 Å². The van der Waals surface area contributed by atoms with Gasteiger partial charge in [0.25, 0.3) is 0 Å². The smallest absolute Gasteiger partial charge is 0.416 e. The van der Waals surface area contributed by atoms with E-state index >= 15 is 0 Å². The maximum absolute atomic E-state index is 13.1. The minimum atomic E-state index is -4.41. The van der Waals surface area contributed by atoms with E-state index < -0.39 is 11.7 Å². The second kappa shape index (κ2) is 8.13. The third-order valence-electron chi connectivity index (χ3n) is 5.65. The van der Waals surface area contributed by atoms with Gasteiger partial charge in [0.1, 0.15) is 12.1 Å². The van der Waals surface area contributed by atoms with E-state index in [2.05, 4.69) is 4.98 Å². The third-order valence-corrected chi connectivity index (χ3v) is 5.90. The predicted octanol–water partition coefficient (Wildman–Crippen LogP) is 6.55. The van der Waals surface area contributed by atoms with Crippen LogP contribution in [-0.4, -0.2) is 14.8 Å². The highest BCUT2D eigenvalue weighted by Crippen LogP contribution is 2.35. The second-order valence-corrected chi connectivity index (χ2v) is 8.27. The minimum Gasteiger partial charge on any atom is -0.472 e. The number of ether oxygens (including phenoxy) is 1. The van der Waals surface area contributed by atoms with Gasteiger partial charge in [-0.1, -0.05) is 23.7 Å². The van der Waals surface area contributed by atoms with E-state index in [1.54, 1.807) is 29.1 Å². The molecule has 0 aliphatic heterocycles. The fourth-order valence-corrected chi connectivity index (χ4v) is 4.19. The van der Waals surface area contributed by atoms with E-state index in [0.29, 0.717) is 16.5 Å². The van der Waals surface area contributed by atoms with Gasteiger partial charge in [-0.25, -0.2) is 0 Å². The molecular weight excluding hydrogens is 439 g/mol. The van der Waals surface area contributed by atoms with Gasteiger partial charge in [0.05, 0.1) is 16.6 Å². The normalized spacial score (nSPS) is 13.9. The molecule has 32 heavy (non-hydrogen) atoms. The summed E-state index contributed by atoms with van der Waals surface area (Å²) in [6.45, 7) is -0.0324. The van der Waals surface area contributed by atoms with Gasteiger partial charge >= 0.3 is 6.18 Å². The van der Waals surface area contributed by atoms with Crippen molar-refractivity contribution in [2.24, 2.45) is 0 Å². The second-order valence-electron chi connectivity index (χ2n) is 7.83. The largest absolute Gasteiger partial charge is 0.472 e. The van der Waals surface area contributed by atoms with E-state index in [1.807, 2.05) is 12.1 Å². The van der Waals surface area contributed by atoms with Crippen LogP contribution in [0.1, 0.15) is 35.2 Å². The van der Waals surface area contributed by atoms with Crippen molar-refractivity contribution in [3.8, 4) is 11.6 Å². The molecule has 2 aromatic carbocycles. The molecule has 0 amide bonds. The highest BCUT2D eigenvalue weighted by atomic mass is 35.5. The first kappa shape index (κ1) is 20.8. The van der Waals surface area contributed by atoms with Crippen molar-refractivity contribution in [2.45, 2.75) is 38.5 Å². The van der Waals surface area contributed by atoms with E-state index in [1.165, 1.54) is 6.07 Å². The van der Waals surface area contributed by atoms with Crippen LogP contribution in [0.15, 0.2) is 54.7 Å². The monoisotopic (exact) mass is 457 g/mol. The third kappa shape index (κ3) is 3.93. The van der Waals surface area contributed by atoms with Crippen LogP contribution in [0.25, 0.3) is 16.6 Å². The van der Waals surface area contributed by atoms with Crippen molar-refractivity contribution >= 4 is 22.5 Å². The number of benzene rings is 2. The van der Waals surface area contributed by atoms with Gasteiger partial charge in [0.15, 0.2) is 0 Å². The summed E-state index contributed by atoms with van der Waals surface area (Å²) < 4.78 is 47.0. The molecule has 1 aliphatic rings. The number of halogens is 4. The van der Waals surface area contributed by atoms with Crippen molar-refractivity contribution in [1.29, 1.82) is 0 Å². The molecule has 0 fully saturated rings. The summed E-state index contributed by atoms with van der Waals surface area (Å²) >= 11 is 6.04. The van der Waals surface area contributed by atoms with Gasteiger partial charge in [-0.2, -0.15) is 23.0 Å². The predicted molar refractivity (Wildman–Crippen MR) is 116 cm³/mol. The molecular formula is C24H19ClF3N3O. The average molecular weight is 458 g/mol. The van der Waals surface area contributed by atoms with Crippen molar-refractivity contribution < 1.29 is 17.9 Å². The summed E-state index contributed by atoms with van der Waals surface area (Å²) in [6, 6.07) is 12.3. The number of nitrogens with zero attached hydrogens (tertiary/aromatic N) is 3. The van der Waals surface area contributed by atoms with Crippen LogP contribution in [0.4, 0.5) is 13.2 Å². The Morgan fingerprint density at radius 2 is 1.81 bits per heavy atom. The number of fused-ring (bicyclic) bond motifs is 3. The molecule has 4 aromatic rings. The number of aromatic nitrogens is 3. The Kier molecular flexibility index (Phi) is 5.29. The lowest BCUT2D eigenvalue weighted by atomic mass is 9.95. The van der Waals surface area contributed by atoms with Gasteiger partial charge in [-0.15, -0.1) is 0 Å². The maximum Gasteiger partial charge on any atom is 0.416 e. The molecule has 0 bridgehead atoms. The number of hydrogen-bond acceptors (Lipinski definition) is 3. The van der Waals surface area contributed by atoms with Gasteiger partial charge in [-0.3, -0.25) is 4.98 Å². The van der Waals surface area contributed by atoms with E-state index in [4.69, 9.17) is 21.4 Å². The maximum atomic E-state index is 13.1. The Hall–Kier alpha value is -3.06. The fraction of sp³-hybridized carbons (Fsp3) is 0.250. The number of rotatable bonds is 4. The molecule has 0 unspecified atom stereocenters. The van der Waals surface area contributed by atoms with Crippen LogP contribution in [0.3, 0.4) is 0 Å². The van der Waals surface area contributed by atoms with E-state index in [-0.39, 0.29) is 6.61 Å². The molecule has 4 nitrogen and oxygen atoms in total. The zero-order valence-electron chi connectivity index (χ0n) is 17.0. The molecule has 0 atom stereocenters. The Morgan fingerprint density at radius 1 is 1.03 bits per heavy atom. The van der Waals surface area contributed by atoms with Crippen LogP contribution < -0.4 is 4.74 Å². The number of pyridine rings is 1. The molecule has 164 valence electrons. The first-order valence-electron chi connectivity index (χ1n) is 10.3. The number of aryl methyl sites for hydroxylation is 2. The van der Waals surface area contributed by atoms with Crippen molar-refractivity contribution in [1.82, 2.24) is 14.8 Å². The van der Waals surface area contributed by atoms with Crippen LogP contribution in [0, 0.1) is 0 Å². The Morgan fingerprint density at radius 3 is 2.59 bits per heavy atom. The molecule has 8 heteroatoms. The zero-order chi connectivity index (χ0) is 22.3. The summed E-state index contributed by atoms with van der Waals surface area (Å²) in [4.78, 5) is 4.63. The standard InChI is InChI=1S/C24H19ClF3N3O/c25-17-8-10-18(11-9-17)31-23(32-14-15-4-3-5-16(12-15)24(26,27)28)20-13-29-21-7-2-1-6-19(21)22(20)30-31/h3-5,8-13H,1-2,6-7,14H2. The Balaban J connectivity index is 1.58. The summed E-state index contributed by atoms with van der Waals surface area (Å²) in [7, 11) is 0. The number of alkyl halides is 3. The van der Waals surface area contributed by atoms with E-state index in [0.717, 1.165) is 65.7 Å². The topological polar surface area (TPSA) is 39.9 Å². The lowest BCUT2D eigenvalue weighted by Gasteiger charge is -2.14. The molecule has 0 radical (unpaired) electrons. The van der Waals surface area contributed by atoms with Crippen LogP contribution in [0.5, 0.6) is 5.88 Å². The van der Waals surface area contributed by atoms with Gasteiger partial charge in [0, 0.05) is 22.5 Å². The summed E-state index contributed by atoms with van der Waals surface area (Å²) in [5, 5.41) is 6.16. The van der Waals surface area contributed by atoms with Crippen molar-refractivity contribution in [3.63, 3.8) is 0 Å². The van der Waals surface area contributed by atoms with Gasteiger partial charge < -0.3 is 4.74 Å². The average Bonchev–Trinajstić information content (AvgIpc) is 3.17. The van der Waals surface area contributed by atoms with Gasteiger partial charge in [-0.05, 0) is 67.6 Å². The van der Waals surface area contributed by atoms with Crippen LogP contribution in [-0.2, 0) is 25.6 Å². The zero-order valence-corrected chi connectivity index (χ0v) is 17.7. The quantitative estimate of drug-likeness (QED) is 0.349. The summed E-state index contributed by atoms with van der Waals surface area (Å²) in [5.74, 6) is 0.445. The Labute approximate surface area is 187 Å². The molecule has 1 aliphatic carbocycles. The van der Waals surface area contributed by atoms with Crippen LogP contribution >= 0.6 is 11.6 Å². The van der Waals surface area contributed by atoms with Crippen LogP contribution in [0.2, 0.25) is 5.02 Å². The molecule has 2 aromatic heterocycles. The van der Waals surface area contributed by atoms with Crippen molar-refractivity contribution in [2.75, 3.05) is 0 Å². The lowest BCUT2D eigenvalue weighted by Crippen LogP contribution is -2.07. The highest BCUT2D eigenvalue weighted by Gasteiger charge is 2.30. The highest BCUT2D eigenvalue weighted by molar-refractivity contribution is 6.30. The molecule has 5 rings (SSSR count). The summed E-state index contributed by atoms with van der Waals surface area (Å²) in [5.41, 5.74) is 3.45. The first-order chi connectivity index (χ1) is 15.4. The SMILES string of the molecule is FC(F)(F)c1cccc(COc2c3cnc4c(c3nn2-c2ccc(Cl)cc2)CCCC4)c1. The molecule has 0 saturated carbocycles. The molecule has 0 spiro atoms. The fourth-order valence-electron chi connectivity index (χ4n) is 4.07. The minimum absolute atomic E-state index is 0.0324. The molecule has 2 heterocycles.